The fraction of sp³-hybridized carbons (Fsp3) is 0.292. The zero-order valence-electron chi connectivity index (χ0n) is 17.9. The molecule has 1 saturated heterocycles. The predicted molar refractivity (Wildman–Crippen MR) is 119 cm³/mol. The van der Waals surface area contributed by atoms with Gasteiger partial charge in [0.25, 0.3) is 11.5 Å². The number of para-hydroxylation sites is 1. The maximum absolute atomic E-state index is 13.4. The maximum atomic E-state index is 13.4. The zero-order chi connectivity index (χ0) is 22.4. The van der Waals surface area contributed by atoms with E-state index in [1.807, 2.05) is 32.0 Å². The Morgan fingerprint density at radius 1 is 1.06 bits per heavy atom. The van der Waals surface area contributed by atoms with E-state index in [1.165, 1.54) is 4.90 Å². The summed E-state index contributed by atoms with van der Waals surface area (Å²) in [7, 11) is 0. The summed E-state index contributed by atoms with van der Waals surface area (Å²) in [6.45, 7) is 5.11. The number of carbonyl (C=O) groups is 2. The van der Waals surface area contributed by atoms with Gasteiger partial charge in [-0.25, -0.2) is 0 Å². The number of benzene rings is 2. The van der Waals surface area contributed by atoms with E-state index in [-0.39, 0.29) is 11.5 Å². The number of ether oxygens (including phenoxy) is 2. The fourth-order valence-corrected chi connectivity index (χ4v) is 4.22. The minimum Gasteiger partial charge on any atom is -0.486 e. The van der Waals surface area contributed by atoms with Crippen molar-refractivity contribution in [2.75, 3.05) is 25.1 Å². The number of hydrogen-bond donors (Lipinski definition) is 2. The molecular formula is C24H23N3O5. The molecule has 3 heterocycles. The van der Waals surface area contributed by atoms with Gasteiger partial charge in [0.1, 0.15) is 19.3 Å². The highest BCUT2D eigenvalue weighted by Crippen LogP contribution is 2.35. The number of H-pyrrole nitrogens is 1. The largest absolute Gasteiger partial charge is 0.486 e. The van der Waals surface area contributed by atoms with Crippen LogP contribution < -0.4 is 20.3 Å². The van der Waals surface area contributed by atoms with E-state index in [1.54, 1.807) is 18.2 Å². The second-order valence-electron chi connectivity index (χ2n) is 8.13. The molecule has 2 amide bonds. The first-order valence-corrected chi connectivity index (χ1v) is 10.6. The number of amides is 2. The topological polar surface area (TPSA) is 101 Å². The van der Waals surface area contributed by atoms with Crippen molar-refractivity contribution in [3.63, 3.8) is 0 Å². The van der Waals surface area contributed by atoms with Gasteiger partial charge in [-0.2, -0.15) is 0 Å². The molecule has 2 N–H and O–H groups in total. The van der Waals surface area contributed by atoms with Crippen molar-refractivity contribution in [2.45, 2.75) is 26.3 Å². The van der Waals surface area contributed by atoms with E-state index in [9.17, 15) is 14.4 Å². The van der Waals surface area contributed by atoms with Crippen LogP contribution in [-0.2, 0) is 9.59 Å². The first-order chi connectivity index (χ1) is 15.4. The van der Waals surface area contributed by atoms with Gasteiger partial charge in [-0.05, 0) is 37.1 Å². The van der Waals surface area contributed by atoms with E-state index in [0.29, 0.717) is 54.3 Å². The Hall–Kier alpha value is -3.81. The fourth-order valence-electron chi connectivity index (χ4n) is 4.22. The van der Waals surface area contributed by atoms with Crippen molar-refractivity contribution in [3.05, 3.63) is 63.4 Å². The highest BCUT2D eigenvalue weighted by Gasteiger charge is 2.38. The molecule has 2 aliphatic rings. The number of carbonyl (C=O) groups excluding carboxylic acids is 2. The summed E-state index contributed by atoms with van der Waals surface area (Å²) < 4.78 is 11.2. The van der Waals surface area contributed by atoms with Gasteiger partial charge in [-0.1, -0.05) is 18.2 Å². The lowest BCUT2D eigenvalue weighted by Crippen LogP contribution is -2.50. The van der Waals surface area contributed by atoms with Crippen LogP contribution in [-0.4, -0.2) is 41.5 Å². The van der Waals surface area contributed by atoms with Gasteiger partial charge < -0.3 is 24.7 Å². The van der Waals surface area contributed by atoms with Gasteiger partial charge in [0.15, 0.2) is 11.5 Å². The number of aryl methyl sites for hydroxylation is 2. The van der Waals surface area contributed by atoms with Crippen LogP contribution in [0.25, 0.3) is 10.9 Å². The molecule has 0 radical (unpaired) electrons. The Kier molecular flexibility index (Phi) is 4.84. The number of rotatable bonds is 4. The third-order valence-electron chi connectivity index (χ3n) is 6.01. The summed E-state index contributed by atoms with van der Waals surface area (Å²) in [5.41, 5.74) is 2.87. The van der Waals surface area contributed by atoms with Gasteiger partial charge in [0.05, 0.1) is 5.52 Å². The number of aromatic nitrogens is 1. The number of nitrogens with one attached hydrogen (secondary N) is 2. The van der Waals surface area contributed by atoms with E-state index in [0.717, 1.165) is 11.1 Å². The van der Waals surface area contributed by atoms with Crippen molar-refractivity contribution < 1.29 is 19.1 Å². The molecule has 1 aromatic heterocycles. The van der Waals surface area contributed by atoms with Crippen molar-refractivity contribution in [3.8, 4) is 11.5 Å². The van der Waals surface area contributed by atoms with E-state index >= 15 is 0 Å². The zero-order valence-corrected chi connectivity index (χ0v) is 17.9. The third kappa shape index (κ3) is 3.37. The number of pyridine rings is 1. The summed E-state index contributed by atoms with van der Waals surface area (Å²) in [6.07, 6.45) is 0.358. The van der Waals surface area contributed by atoms with Crippen LogP contribution in [0.1, 0.15) is 29.2 Å². The molecule has 1 fully saturated rings. The number of aromatic amines is 1. The number of fused-ring (bicyclic) bond motifs is 2. The van der Waals surface area contributed by atoms with Gasteiger partial charge in [-0.15, -0.1) is 0 Å². The molecule has 1 atom stereocenters. The first kappa shape index (κ1) is 20.1. The van der Waals surface area contributed by atoms with Crippen molar-refractivity contribution >= 4 is 28.4 Å². The maximum Gasteiger partial charge on any atom is 0.254 e. The number of likely N-dealkylation sites (tertiary alicyclic amines) is 1. The molecule has 0 spiro atoms. The Bertz CT molecular complexity index is 1290. The van der Waals surface area contributed by atoms with Crippen LogP contribution in [0.3, 0.4) is 0 Å². The third-order valence-corrected chi connectivity index (χ3v) is 6.01. The summed E-state index contributed by atoms with van der Waals surface area (Å²) in [6, 6.07) is 9.85. The lowest BCUT2D eigenvalue weighted by Gasteiger charge is -2.37. The van der Waals surface area contributed by atoms with Crippen LogP contribution in [0.2, 0.25) is 0 Å². The molecule has 8 heteroatoms. The highest BCUT2D eigenvalue weighted by atomic mass is 16.6. The molecule has 164 valence electrons. The minimum absolute atomic E-state index is 0.159. The molecule has 0 bridgehead atoms. The Morgan fingerprint density at radius 3 is 2.38 bits per heavy atom. The van der Waals surface area contributed by atoms with Crippen molar-refractivity contribution in [1.29, 1.82) is 0 Å². The molecule has 8 nitrogen and oxygen atoms in total. The Labute approximate surface area is 184 Å². The summed E-state index contributed by atoms with van der Waals surface area (Å²) in [4.78, 5) is 43.0. The molecule has 0 saturated carbocycles. The molecule has 3 aromatic rings. The second kappa shape index (κ2) is 7.71. The first-order valence-electron chi connectivity index (χ1n) is 10.6. The van der Waals surface area contributed by atoms with Crippen molar-refractivity contribution in [1.82, 2.24) is 9.88 Å². The number of β-lactam (4-membered cyclic amide) rings is 1. The van der Waals surface area contributed by atoms with Gasteiger partial charge >= 0.3 is 0 Å². The molecular weight excluding hydrogens is 410 g/mol. The summed E-state index contributed by atoms with van der Waals surface area (Å²) in [5, 5.41) is 3.64. The number of anilines is 1. The monoisotopic (exact) mass is 433 g/mol. The van der Waals surface area contributed by atoms with Crippen LogP contribution in [0.5, 0.6) is 11.5 Å². The average Bonchev–Trinajstić information content (AvgIpc) is 2.77. The quantitative estimate of drug-likeness (QED) is 0.617. The molecule has 5 rings (SSSR count). The standard InChI is InChI=1S/C24H23N3O5/c1-13-4-3-5-14(2)21(13)26-24(30)22(27-7-6-20(27)28)16-10-15-11-18-19(32-9-8-31-18)12-17(15)25-23(16)29/h3-5,10-12,22H,6-9H2,1-2H3,(H,25,29)(H,26,30). The normalized spacial score (nSPS) is 15.9. The SMILES string of the molecule is Cc1cccc(C)c1NC(=O)C(c1cc2cc3c(cc2[nH]c1=O)OCCO3)N1CCC1=O. The molecule has 0 aliphatic carbocycles. The number of nitrogens with zero attached hydrogens (tertiary/aromatic N) is 1. The van der Waals surface area contributed by atoms with Crippen LogP contribution in [0.4, 0.5) is 5.69 Å². The molecule has 32 heavy (non-hydrogen) atoms. The summed E-state index contributed by atoms with van der Waals surface area (Å²) in [5.74, 6) is 0.568. The predicted octanol–water partition coefficient (Wildman–Crippen LogP) is 2.83. The van der Waals surface area contributed by atoms with Gasteiger partial charge in [-0.3, -0.25) is 14.4 Å². The van der Waals surface area contributed by atoms with E-state index < -0.39 is 17.5 Å². The molecule has 1 unspecified atom stereocenters. The average molecular weight is 433 g/mol. The van der Waals surface area contributed by atoms with Gasteiger partial charge in [0.2, 0.25) is 5.91 Å². The lowest BCUT2D eigenvalue weighted by atomic mass is 9.99. The van der Waals surface area contributed by atoms with E-state index in [4.69, 9.17) is 9.47 Å². The highest BCUT2D eigenvalue weighted by molar-refractivity contribution is 6.00. The molecule has 2 aliphatic heterocycles. The minimum atomic E-state index is -1.03. The van der Waals surface area contributed by atoms with Crippen molar-refractivity contribution in [2.24, 2.45) is 0 Å². The number of hydrogen-bond acceptors (Lipinski definition) is 5. The van der Waals surface area contributed by atoms with Crippen LogP contribution in [0, 0.1) is 13.8 Å². The smallest absolute Gasteiger partial charge is 0.254 e. The Morgan fingerprint density at radius 2 is 1.75 bits per heavy atom. The summed E-state index contributed by atoms with van der Waals surface area (Å²) >= 11 is 0. The van der Waals surface area contributed by atoms with E-state index in [2.05, 4.69) is 10.3 Å². The molecule has 2 aromatic carbocycles. The van der Waals surface area contributed by atoms with Crippen LogP contribution >= 0.6 is 0 Å². The Balaban J connectivity index is 1.58. The lowest BCUT2D eigenvalue weighted by molar-refractivity contribution is -0.147. The second-order valence-corrected chi connectivity index (χ2v) is 8.13. The van der Waals surface area contributed by atoms with Crippen LogP contribution in [0.15, 0.2) is 41.2 Å². The van der Waals surface area contributed by atoms with Gasteiger partial charge in [0, 0.05) is 35.7 Å².